The van der Waals surface area contributed by atoms with Crippen LogP contribution in [0.3, 0.4) is 0 Å². The van der Waals surface area contributed by atoms with Crippen LogP contribution in [-0.4, -0.2) is 35.2 Å². The van der Waals surface area contributed by atoms with Crippen LogP contribution < -0.4 is 10.6 Å². The summed E-state index contributed by atoms with van der Waals surface area (Å²) >= 11 is 1.91. The Morgan fingerprint density at radius 2 is 2.29 bits per heavy atom. The van der Waals surface area contributed by atoms with Gasteiger partial charge in [0, 0.05) is 17.4 Å². The highest BCUT2D eigenvalue weighted by Crippen LogP contribution is 2.26. The maximum atomic E-state index is 11.8. The van der Waals surface area contributed by atoms with E-state index in [-0.39, 0.29) is 12.6 Å². The van der Waals surface area contributed by atoms with E-state index >= 15 is 0 Å². The first-order valence-electron chi connectivity index (χ1n) is 7.31. The van der Waals surface area contributed by atoms with Crippen LogP contribution in [0.2, 0.25) is 0 Å². The van der Waals surface area contributed by atoms with Crippen LogP contribution in [0.15, 0.2) is 10.5 Å². The molecule has 1 saturated heterocycles. The van der Waals surface area contributed by atoms with E-state index in [9.17, 15) is 9.90 Å². The number of hydrogen-bond acceptors (Lipinski definition) is 4. The molecule has 6 heteroatoms. The molecule has 0 bridgehead atoms. The largest absolute Gasteiger partial charge is 0.466 e. The Labute approximate surface area is 129 Å². The van der Waals surface area contributed by atoms with Gasteiger partial charge in [-0.25, -0.2) is 4.79 Å². The van der Waals surface area contributed by atoms with Crippen molar-refractivity contribution in [1.29, 1.82) is 0 Å². The maximum Gasteiger partial charge on any atom is 0.314 e. The van der Waals surface area contributed by atoms with Crippen LogP contribution in [0, 0.1) is 13.8 Å². The molecular weight excluding hydrogens is 288 g/mol. The first kappa shape index (κ1) is 16.2. The summed E-state index contributed by atoms with van der Waals surface area (Å²) in [7, 11) is 0. The third-order valence-electron chi connectivity index (χ3n) is 3.73. The summed E-state index contributed by atoms with van der Waals surface area (Å²) in [4.78, 5) is 11.8. The molecule has 2 rings (SSSR count). The summed E-state index contributed by atoms with van der Waals surface area (Å²) in [6, 6.07) is 1.57. The molecule has 0 saturated carbocycles. The van der Waals surface area contributed by atoms with Crippen molar-refractivity contribution in [2.75, 3.05) is 18.8 Å². The zero-order chi connectivity index (χ0) is 15.5. The van der Waals surface area contributed by atoms with Gasteiger partial charge in [0.1, 0.15) is 17.1 Å². The minimum atomic E-state index is -1.14. The van der Waals surface area contributed by atoms with Gasteiger partial charge in [-0.05, 0) is 45.4 Å². The van der Waals surface area contributed by atoms with Crippen LogP contribution in [0.25, 0.3) is 0 Å². The van der Waals surface area contributed by atoms with E-state index < -0.39 is 5.60 Å². The van der Waals surface area contributed by atoms with E-state index in [0.29, 0.717) is 23.1 Å². The van der Waals surface area contributed by atoms with Crippen molar-refractivity contribution in [3.05, 3.63) is 23.2 Å². The number of thioether (sulfide) groups is 1. The number of hydrogen-bond donors (Lipinski definition) is 3. The molecule has 0 aromatic carbocycles. The first-order chi connectivity index (χ1) is 9.88. The predicted molar refractivity (Wildman–Crippen MR) is 84.6 cm³/mol. The van der Waals surface area contributed by atoms with Crippen molar-refractivity contribution in [1.82, 2.24) is 10.6 Å². The second-order valence-corrected chi connectivity index (χ2v) is 7.21. The fourth-order valence-corrected chi connectivity index (χ4v) is 3.79. The van der Waals surface area contributed by atoms with Crippen LogP contribution in [0.4, 0.5) is 4.79 Å². The zero-order valence-electron chi connectivity index (χ0n) is 12.9. The van der Waals surface area contributed by atoms with Gasteiger partial charge in [0.2, 0.25) is 0 Å². The lowest BCUT2D eigenvalue weighted by molar-refractivity contribution is 0.0579. The normalized spacial score (nSPS) is 21.0. The number of carbonyl (C=O) groups is 1. The molecule has 3 N–H and O–H groups in total. The molecule has 21 heavy (non-hydrogen) atoms. The van der Waals surface area contributed by atoms with E-state index in [1.54, 1.807) is 6.92 Å². The number of aliphatic hydroxyl groups is 1. The van der Waals surface area contributed by atoms with E-state index in [1.807, 2.05) is 31.7 Å². The monoisotopic (exact) mass is 312 g/mol. The Kier molecular flexibility index (Phi) is 5.22. The second-order valence-electron chi connectivity index (χ2n) is 5.80. The van der Waals surface area contributed by atoms with Crippen molar-refractivity contribution >= 4 is 17.8 Å². The molecule has 1 aromatic heterocycles. The van der Waals surface area contributed by atoms with E-state index in [2.05, 4.69) is 10.6 Å². The van der Waals surface area contributed by atoms with E-state index in [1.165, 1.54) is 12.2 Å². The molecule has 2 heterocycles. The zero-order valence-corrected chi connectivity index (χ0v) is 13.7. The van der Waals surface area contributed by atoms with Crippen molar-refractivity contribution in [3.63, 3.8) is 0 Å². The Morgan fingerprint density at radius 3 is 2.86 bits per heavy atom. The highest BCUT2D eigenvalue weighted by molar-refractivity contribution is 8.00. The Hall–Kier alpha value is -1.14. The number of amides is 2. The van der Waals surface area contributed by atoms with Gasteiger partial charge >= 0.3 is 6.03 Å². The van der Waals surface area contributed by atoms with Gasteiger partial charge in [0.05, 0.1) is 6.54 Å². The summed E-state index contributed by atoms with van der Waals surface area (Å²) in [5, 5.41) is 16.6. The molecule has 1 aliphatic heterocycles. The van der Waals surface area contributed by atoms with Gasteiger partial charge in [-0.2, -0.15) is 11.8 Å². The molecule has 1 fully saturated rings. The number of urea groups is 1. The number of aryl methyl sites for hydroxylation is 2. The second kappa shape index (κ2) is 6.75. The van der Waals surface area contributed by atoms with Gasteiger partial charge in [-0.3, -0.25) is 0 Å². The average Bonchev–Trinajstić information content (AvgIpc) is 3.04. The summed E-state index contributed by atoms with van der Waals surface area (Å²) < 4.78 is 5.43. The number of rotatable bonds is 5. The Balaban J connectivity index is 1.80. The number of furan rings is 1. The molecule has 0 spiro atoms. The van der Waals surface area contributed by atoms with Crippen LogP contribution in [0.1, 0.15) is 36.8 Å². The summed E-state index contributed by atoms with van der Waals surface area (Å²) in [6.07, 6.45) is 2.39. The lowest BCUT2D eigenvalue weighted by Crippen LogP contribution is -2.44. The minimum absolute atomic E-state index is 0.149. The first-order valence-corrected chi connectivity index (χ1v) is 8.36. The van der Waals surface area contributed by atoms with E-state index in [4.69, 9.17) is 4.42 Å². The SMILES string of the molecule is Cc1cc(C(C)(O)CNC(=O)NCC2CCCS2)c(C)o1. The third-order valence-corrected chi connectivity index (χ3v) is 5.13. The van der Waals surface area contributed by atoms with Gasteiger partial charge in [0.25, 0.3) is 0 Å². The predicted octanol–water partition coefficient (Wildman–Crippen LogP) is 2.30. The van der Waals surface area contributed by atoms with Gasteiger partial charge in [0.15, 0.2) is 0 Å². The molecule has 0 radical (unpaired) electrons. The minimum Gasteiger partial charge on any atom is -0.466 e. The topological polar surface area (TPSA) is 74.5 Å². The van der Waals surface area contributed by atoms with Crippen LogP contribution >= 0.6 is 11.8 Å². The fraction of sp³-hybridized carbons (Fsp3) is 0.667. The summed E-state index contributed by atoms with van der Waals surface area (Å²) in [6.45, 7) is 6.16. The number of carbonyl (C=O) groups excluding carboxylic acids is 1. The van der Waals surface area contributed by atoms with Crippen LogP contribution in [0.5, 0.6) is 0 Å². The highest BCUT2D eigenvalue weighted by Gasteiger charge is 2.28. The fourth-order valence-electron chi connectivity index (χ4n) is 2.59. The van der Waals surface area contributed by atoms with Gasteiger partial charge < -0.3 is 20.2 Å². The molecule has 5 nitrogen and oxygen atoms in total. The van der Waals surface area contributed by atoms with Gasteiger partial charge in [-0.15, -0.1) is 0 Å². The summed E-state index contributed by atoms with van der Waals surface area (Å²) in [5.74, 6) is 2.62. The molecule has 118 valence electrons. The van der Waals surface area contributed by atoms with E-state index in [0.717, 1.165) is 12.2 Å². The van der Waals surface area contributed by atoms with Crippen molar-refractivity contribution in [3.8, 4) is 0 Å². The molecule has 0 aliphatic carbocycles. The lowest BCUT2D eigenvalue weighted by atomic mass is 9.96. The smallest absolute Gasteiger partial charge is 0.314 e. The van der Waals surface area contributed by atoms with Crippen molar-refractivity contribution < 1.29 is 14.3 Å². The van der Waals surface area contributed by atoms with Crippen molar-refractivity contribution in [2.45, 2.75) is 44.5 Å². The Morgan fingerprint density at radius 1 is 1.52 bits per heavy atom. The maximum absolute atomic E-state index is 11.8. The van der Waals surface area contributed by atoms with Gasteiger partial charge in [-0.1, -0.05) is 0 Å². The molecule has 1 aromatic rings. The molecule has 1 aliphatic rings. The molecule has 2 unspecified atom stereocenters. The standard InChI is InChI=1S/C15H24N2O3S/c1-10-7-13(11(2)20-10)15(3,19)9-17-14(18)16-8-12-5-4-6-21-12/h7,12,19H,4-6,8-9H2,1-3H3,(H2,16,17,18). The lowest BCUT2D eigenvalue weighted by Gasteiger charge is -2.23. The Bertz CT molecular complexity index is 493. The number of nitrogens with one attached hydrogen (secondary N) is 2. The van der Waals surface area contributed by atoms with Crippen molar-refractivity contribution in [2.24, 2.45) is 0 Å². The molecule has 2 amide bonds. The average molecular weight is 312 g/mol. The highest BCUT2D eigenvalue weighted by atomic mass is 32.2. The summed E-state index contributed by atoms with van der Waals surface area (Å²) in [5.41, 5.74) is -0.423. The molecule has 2 atom stereocenters. The third kappa shape index (κ3) is 4.41. The van der Waals surface area contributed by atoms with Crippen LogP contribution in [-0.2, 0) is 5.60 Å². The molecular formula is C15H24N2O3S. The quantitative estimate of drug-likeness (QED) is 0.780.